The van der Waals surface area contributed by atoms with E-state index in [2.05, 4.69) is 16.0 Å². The standard InChI is InChI=1S/C21H24N4O5S/c1-3-21(9-8-18(26)25-19(21)27)14-4-6-15(7-5-14)23-20(28)24-16-10-13(2)11-17(12-16)31(22,29)30/h4-7,10-12H,3,8-9H2,1-2H3,(H2,22,29,30)(H2,23,24,28)(H,25,26,27). The van der Waals surface area contributed by atoms with Crippen LogP contribution in [0.3, 0.4) is 0 Å². The van der Waals surface area contributed by atoms with E-state index in [4.69, 9.17) is 5.14 Å². The molecule has 0 spiro atoms. The van der Waals surface area contributed by atoms with E-state index in [1.54, 1.807) is 37.3 Å². The molecule has 1 aliphatic rings. The van der Waals surface area contributed by atoms with Gasteiger partial charge in [0.25, 0.3) is 0 Å². The van der Waals surface area contributed by atoms with Crippen LogP contribution in [-0.4, -0.2) is 26.3 Å². The number of primary sulfonamides is 1. The molecule has 1 atom stereocenters. The van der Waals surface area contributed by atoms with E-state index in [1.165, 1.54) is 12.1 Å². The van der Waals surface area contributed by atoms with Crippen LogP contribution in [0, 0.1) is 6.92 Å². The Kier molecular flexibility index (Phi) is 6.14. The lowest BCUT2D eigenvalue weighted by Crippen LogP contribution is -2.51. The van der Waals surface area contributed by atoms with Crippen LogP contribution in [0.5, 0.6) is 0 Å². The van der Waals surface area contributed by atoms with Crippen LogP contribution in [0.2, 0.25) is 0 Å². The highest BCUT2D eigenvalue weighted by molar-refractivity contribution is 7.89. The van der Waals surface area contributed by atoms with Crippen LogP contribution < -0.4 is 21.1 Å². The van der Waals surface area contributed by atoms with Crippen LogP contribution in [0.4, 0.5) is 16.2 Å². The number of nitrogens with two attached hydrogens (primary N) is 1. The number of carbonyl (C=O) groups is 3. The average molecular weight is 445 g/mol. The van der Waals surface area contributed by atoms with Gasteiger partial charge < -0.3 is 10.6 Å². The zero-order valence-corrected chi connectivity index (χ0v) is 18.0. The van der Waals surface area contributed by atoms with Crippen molar-refractivity contribution in [1.82, 2.24) is 5.32 Å². The van der Waals surface area contributed by atoms with E-state index < -0.39 is 21.5 Å². The quantitative estimate of drug-likeness (QED) is 0.523. The summed E-state index contributed by atoms with van der Waals surface area (Å²) in [4.78, 5) is 36.2. The predicted octanol–water partition coefficient (Wildman–Crippen LogP) is 2.37. The molecule has 2 aromatic rings. The van der Waals surface area contributed by atoms with Crippen molar-refractivity contribution in [3.8, 4) is 0 Å². The lowest BCUT2D eigenvalue weighted by molar-refractivity contribution is -0.138. The minimum atomic E-state index is -3.90. The van der Waals surface area contributed by atoms with Gasteiger partial charge in [-0.1, -0.05) is 19.1 Å². The van der Waals surface area contributed by atoms with Crippen molar-refractivity contribution in [2.24, 2.45) is 5.14 Å². The largest absolute Gasteiger partial charge is 0.323 e. The second-order valence-corrected chi connectivity index (χ2v) is 9.11. The summed E-state index contributed by atoms with van der Waals surface area (Å²) < 4.78 is 23.1. The Morgan fingerprint density at radius 3 is 2.32 bits per heavy atom. The number of benzene rings is 2. The summed E-state index contributed by atoms with van der Waals surface area (Å²) in [6.45, 7) is 3.58. The molecule has 5 N–H and O–H groups in total. The van der Waals surface area contributed by atoms with Gasteiger partial charge in [0.05, 0.1) is 10.3 Å². The summed E-state index contributed by atoms with van der Waals surface area (Å²) in [7, 11) is -3.90. The molecule has 2 aromatic carbocycles. The number of nitrogens with one attached hydrogen (secondary N) is 3. The third-order valence-electron chi connectivity index (χ3n) is 5.40. The molecule has 1 saturated heterocycles. The summed E-state index contributed by atoms with van der Waals surface area (Å²) in [6.07, 6.45) is 1.25. The second kappa shape index (κ2) is 8.48. The number of sulfonamides is 1. The first kappa shape index (κ1) is 22.4. The Bertz CT molecular complexity index is 1140. The summed E-state index contributed by atoms with van der Waals surface area (Å²) in [5.41, 5.74) is 1.38. The van der Waals surface area contributed by atoms with Crippen molar-refractivity contribution >= 4 is 39.2 Å². The fraction of sp³-hybridized carbons (Fsp3) is 0.286. The molecule has 10 heteroatoms. The van der Waals surface area contributed by atoms with Gasteiger partial charge >= 0.3 is 6.03 Å². The van der Waals surface area contributed by atoms with Crippen molar-refractivity contribution in [3.63, 3.8) is 0 Å². The second-order valence-electron chi connectivity index (χ2n) is 7.55. The number of hydrogen-bond acceptors (Lipinski definition) is 5. The van der Waals surface area contributed by atoms with Gasteiger partial charge in [0, 0.05) is 17.8 Å². The van der Waals surface area contributed by atoms with Crippen LogP contribution in [0.25, 0.3) is 0 Å². The maximum Gasteiger partial charge on any atom is 0.323 e. The Morgan fingerprint density at radius 2 is 1.74 bits per heavy atom. The maximum absolute atomic E-state index is 12.5. The Hall–Kier alpha value is -3.24. The highest BCUT2D eigenvalue weighted by atomic mass is 32.2. The van der Waals surface area contributed by atoms with E-state index in [1.807, 2.05) is 6.92 Å². The van der Waals surface area contributed by atoms with Crippen molar-refractivity contribution in [2.45, 2.75) is 43.4 Å². The summed E-state index contributed by atoms with van der Waals surface area (Å²) >= 11 is 0. The number of imide groups is 1. The third kappa shape index (κ3) is 4.92. The van der Waals surface area contributed by atoms with Gasteiger partial charge in [0.15, 0.2) is 0 Å². The van der Waals surface area contributed by atoms with Crippen LogP contribution in [0.1, 0.15) is 37.3 Å². The van der Waals surface area contributed by atoms with Gasteiger partial charge in [0.2, 0.25) is 21.8 Å². The number of carbonyl (C=O) groups excluding carboxylic acids is 3. The molecule has 1 heterocycles. The van der Waals surface area contributed by atoms with Crippen molar-refractivity contribution in [3.05, 3.63) is 53.6 Å². The number of rotatable bonds is 5. The molecule has 0 saturated carbocycles. The highest BCUT2D eigenvalue weighted by Gasteiger charge is 2.42. The van der Waals surface area contributed by atoms with Crippen molar-refractivity contribution in [1.29, 1.82) is 0 Å². The zero-order chi connectivity index (χ0) is 22.8. The predicted molar refractivity (Wildman–Crippen MR) is 116 cm³/mol. The SMILES string of the molecule is CCC1(c2ccc(NC(=O)Nc3cc(C)cc(S(N)(=O)=O)c3)cc2)CCC(=O)NC1=O. The molecule has 4 amide bonds. The monoisotopic (exact) mass is 444 g/mol. The Balaban J connectivity index is 1.73. The fourth-order valence-corrected chi connectivity index (χ4v) is 4.36. The first-order chi connectivity index (χ1) is 14.5. The lowest BCUT2D eigenvalue weighted by atomic mass is 9.72. The number of anilines is 2. The van der Waals surface area contributed by atoms with Gasteiger partial charge in [-0.2, -0.15) is 0 Å². The molecule has 1 unspecified atom stereocenters. The summed E-state index contributed by atoms with van der Waals surface area (Å²) in [6, 6.07) is 10.6. The van der Waals surface area contributed by atoms with Gasteiger partial charge in [-0.25, -0.2) is 18.4 Å². The van der Waals surface area contributed by atoms with E-state index in [0.717, 1.165) is 5.56 Å². The molecular weight excluding hydrogens is 420 g/mol. The first-order valence-corrected chi connectivity index (χ1v) is 11.3. The van der Waals surface area contributed by atoms with Gasteiger partial charge in [-0.05, 0) is 61.2 Å². The number of aryl methyl sites for hydroxylation is 1. The van der Waals surface area contributed by atoms with E-state index >= 15 is 0 Å². The first-order valence-electron chi connectivity index (χ1n) is 9.71. The molecule has 9 nitrogen and oxygen atoms in total. The molecular formula is C21H24N4O5S. The van der Waals surface area contributed by atoms with Crippen LogP contribution >= 0.6 is 0 Å². The molecule has 1 aliphatic heterocycles. The zero-order valence-electron chi connectivity index (χ0n) is 17.2. The lowest BCUT2D eigenvalue weighted by Gasteiger charge is -2.35. The number of urea groups is 1. The van der Waals surface area contributed by atoms with Crippen LogP contribution in [0.15, 0.2) is 47.4 Å². The number of piperidine rings is 1. The average Bonchev–Trinajstić information content (AvgIpc) is 2.68. The molecule has 31 heavy (non-hydrogen) atoms. The van der Waals surface area contributed by atoms with Crippen molar-refractivity contribution in [2.75, 3.05) is 10.6 Å². The van der Waals surface area contributed by atoms with Gasteiger partial charge in [0.1, 0.15) is 0 Å². The van der Waals surface area contributed by atoms with Gasteiger partial charge in [-0.3, -0.25) is 14.9 Å². The molecule has 3 rings (SSSR count). The normalized spacial score (nSPS) is 18.9. The summed E-state index contributed by atoms with van der Waals surface area (Å²) in [5, 5.41) is 12.8. The van der Waals surface area contributed by atoms with E-state index in [-0.39, 0.29) is 28.8 Å². The highest BCUT2D eigenvalue weighted by Crippen LogP contribution is 2.36. The molecule has 0 aliphatic carbocycles. The summed E-state index contributed by atoms with van der Waals surface area (Å²) in [5.74, 6) is -0.583. The molecule has 1 fully saturated rings. The van der Waals surface area contributed by atoms with E-state index in [9.17, 15) is 22.8 Å². The Labute approximate surface area is 180 Å². The maximum atomic E-state index is 12.5. The van der Waals surface area contributed by atoms with E-state index in [0.29, 0.717) is 24.1 Å². The van der Waals surface area contributed by atoms with Gasteiger partial charge in [-0.15, -0.1) is 0 Å². The molecule has 0 bridgehead atoms. The van der Waals surface area contributed by atoms with Crippen LogP contribution in [-0.2, 0) is 25.0 Å². The molecule has 164 valence electrons. The fourth-order valence-electron chi connectivity index (χ4n) is 3.72. The Morgan fingerprint density at radius 1 is 1.10 bits per heavy atom. The number of hydrogen-bond donors (Lipinski definition) is 4. The third-order valence-corrected chi connectivity index (χ3v) is 6.30. The minimum absolute atomic E-state index is 0.0961. The van der Waals surface area contributed by atoms with Crippen molar-refractivity contribution < 1.29 is 22.8 Å². The molecule has 0 aromatic heterocycles. The minimum Gasteiger partial charge on any atom is -0.308 e. The molecule has 0 radical (unpaired) electrons. The smallest absolute Gasteiger partial charge is 0.308 e. The topological polar surface area (TPSA) is 147 Å². The number of amides is 4.